The summed E-state index contributed by atoms with van der Waals surface area (Å²) in [4.78, 5) is 55.6. The van der Waals surface area contributed by atoms with E-state index >= 15 is 4.79 Å². The standard InChI is InChI=1S/C37H53NO10Si/c1-10-49(11-2,12-3)48-26-18-27-36(20-44-27,47-23(6)40)30-32(46-33(42)24-16-14-13-15-17-24)37(43)19-25(38)21(4)28(34(37,7)8)29(45-22(5)39)31(41)35(26,30)9/h13-17,25-27,29-30,32,43H,10-12,18-20,38H2,1-9H3/t25-,26-,27+,29+,30-,32-,35+,36-,37+/m0/s1. The van der Waals surface area contributed by atoms with Crippen molar-refractivity contribution in [3.63, 3.8) is 0 Å². The minimum atomic E-state index is -2.46. The maximum Gasteiger partial charge on any atom is 0.338 e. The molecule has 1 saturated heterocycles. The minimum absolute atomic E-state index is 0.0552. The Morgan fingerprint density at radius 2 is 1.61 bits per heavy atom. The van der Waals surface area contributed by atoms with Gasteiger partial charge in [-0.15, -0.1) is 0 Å². The first kappa shape index (κ1) is 37.4. The fourth-order valence-electron chi connectivity index (χ4n) is 9.42. The Balaban J connectivity index is 1.88. The number of fused-ring (bicyclic) bond motifs is 5. The van der Waals surface area contributed by atoms with Crippen LogP contribution in [0.25, 0.3) is 0 Å². The molecule has 0 spiro atoms. The Morgan fingerprint density at radius 3 is 2.12 bits per heavy atom. The first-order valence-electron chi connectivity index (χ1n) is 17.5. The maximum absolute atomic E-state index is 15.7. The van der Waals surface area contributed by atoms with Crippen LogP contribution in [0.15, 0.2) is 41.5 Å². The molecule has 0 unspecified atom stereocenters. The molecule has 270 valence electrons. The largest absolute Gasteiger partial charge is 0.455 e. The van der Waals surface area contributed by atoms with Crippen LogP contribution in [0.4, 0.5) is 0 Å². The molecule has 12 heteroatoms. The lowest BCUT2D eigenvalue weighted by Crippen LogP contribution is -2.82. The molecule has 0 aromatic heterocycles. The molecule has 1 heterocycles. The number of aliphatic hydroxyl groups is 1. The van der Waals surface area contributed by atoms with Gasteiger partial charge in [0.1, 0.15) is 17.8 Å². The lowest BCUT2D eigenvalue weighted by Gasteiger charge is -2.68. The molecule has 1 aromatic carbocycles. The molecule has 1 aliphatic heterocycles. The van der Waals surface area contributed by atoms with Gasteiger partial charge in [0.25, 0.3) is 0 Å². The Kier molecular flexibility index (Phi) is 9.92. The van der Waals surface area contributed by atoms with Crippen molar-refractivity contribution >= 4 is 32.0 Å². The van der Waals surface area contributed by atoms with Crippen LogP contribution in [0.1, 0.15) is 85.5 Å². The Labute approximate surface area is 290 Å². The SMILES string of the molecule is CC[Si](CC)(CC)O[C@H]1C[C@H]2OC[C@@]2(OC(C)=O)[C@H]2[C@H](OC(=O)c3ccccc3)[C@]3(O)C[C@H](N)C(C)=C([C@@H](OC(C)=O)C(=O)[C@]12C)C3(C)C. The molecule has 49 heavy (non-hydrogen) atoms. The van der Waals surface area contributed by atoms with Gasteiger partial charge in [0.05, 0.1) is 29.6 Å². The minimum Gasteiger partial charge on any atom is -0.455 e. The van der Waals surface area contributed by atoms with Crippen LogP contribution in [0.3, 0.4) is 0 Å². The van der Waals surface area contributed by atoms with E-state index in [1.165, 1.54) is 13.8 Å². The van der Waals surface area contributed by atoms with Gasteiger partial charge < -0.3 is 34.2 Å². The third-order valence-corrected chi connectivity index (χ3v) is 17.2. The highest BCUT2D eigenvalue weighted by atomic mass is 28.4. The van der Waals surface area contributed by atoms with Crippen molar-refractivity contribution in [2.45, 2.75) is 135 Å². The topological polar surface area (TPSA) is 161 Å². The molecule has 0 amide bonds. The summed E-state index contributed by atoms with van der Waals surface area (Å²) < 4.78 is 32.1. The van der Waals surface area contributed by atoms with Crippen LogP contribution in [0.2, 0.25) is 18.1 Å². The van der Waals surface area contributed by atoms with E-state index in [9.17, 15) is 19.5 Å². The van der Waals surface area contributed by atoms with Gasteiger partial charge in [0.15, 0.2) is 25.8 Å². The van der Waals surface area contributed by atoms with Crippen molar-refractivity contribution < 1.29 is 47.7 Å². The summed E-state index contributed by atoms with van der Waals surface area (Å²) >= 11 is 0. The normalized spacial score (nSPS) is 36.7. The van der Waals surface area contributed by atoms with Gasteiger partial charge in [-0.05, 0) is 56.1 Å². The molecule has 4 aliphatic rings. The van der Waals surface area contributed by atoms with E-state index in [-0.39, 0.29) is 25.0 Å². The predicted octanol–water partition coefficient (Wildman–Crippen LogP) is 4.65. The zero-order chi connectivity index (χ0) is 36.3. The molecule has 3 aliphatic carbocycles. The smallest absolute Gasteiger partial charge is 0.338 e. The molecule has 5 rings (SSSR count). The second-order valence-corrected chi connectivity index (χ2v) is 19.9. The van der Waals surface area contributed by atoms with Crippen molar-refractivity contribution in [1.82, 2.24) is 0 Å². The highest BCUT2D eigenvalue weighted by Crippen LogP contribution is 2.65. The summed E-state index contributed by atoms with van der Waals surface area (Å²) in [5, 5.41) is 13.3. The number of hydrogen-bond donors (Lipinski definition) is 2. The molecule has 11 nitrogen and oxygen atoms in total. The number of benzene rings is 1. The number of ketones is 1. The molecule has 2 bridgehead atoms. The fourth-order valence-corrected chi connectivity index (χ4v) is 12.4. The van der Waals surface area contributed by atoms with Gasteiger partial charge in [-0.1, -0.05) is 58.4 Å². The fraction of sp³-hybridized carbons (Fsp3) is 0.676. The van der Waals surface area contributed by atoms with E-state index in [1.807, 2.05) is 0 Å². The molecule has 1 aromatic rings. The van der Waals surface area contributed by atoms with Crippen LogP contribution in [-0.4, -0.2) is 85.4 Å². The van der Waals surface area contributed by atoms with Crippen molar-refractivity contribution in [2.75, 3.05) is 6.61 Å². The van der Waals surface area contributed by atoms with E-state index in [2.05, 4.69) is 20.8 Å². The third kappa shape index (κ3) is 5.62. The summed E-state index contributed by atoms with van der Waals surface area (Å²) in [6.45, 7) is 15.7. The number of ether oxygens (including phenoxy) is 4. The van der Waals surface area contributed by atoms with Crippen LogP contribution in [0, 0.1) is 16.7 Å². The van der Waals surface area contributed by atoms with Crippen molar-refractivity contribution in [1.29, 1.82) is 0 Å². The lowest BCUT2D eigenvalue weighted by atomic mass is 9.44. The Hall–Kier alpha value is -2.90. The number of nitrogens with two attached hydrogens (primary N) is 1. The molecular weight excluding hydrogens is 646 g/mol. The summed E-state index contributed by atoms with van der Waals surface area (Å²) in [5.74, 6) is -3.69. The molecule has 3 fully saturated rings. The first-order chi connectivity index (χ1) is 22.9. The molecule has 2 saturated carbocycles. The van der Waals surface area contributed by atoms with Gasteiger partial charge in [-0.3, -0.25) is 14.4 Å². The van der Waals surface area contributed by atoms with Crippen molar-refractivity contribution in [2.24, 2.45) is 22.5 Å². The summed E-state index contributed by atoms with van der Waals surface area (Å²) in [7, 11) is -2.46. The van der Waals surface area contributed by atoms with Crippen LogP contribution >= 0.6 is 0 Å². The second kappa shape index (κ2) is 13.0. The first-order valence-corrected chi connectivity index (χ1v) is 20.1. The average Bonchev–Trinajstić information content (AvgIpc) is 3.04. The quantitative estimate of drug-likeness (QED) is 0.160. The molecule has 9 atom stereocenters. The van der Waals surface area contributed by atoms with Gasteiger partial charge in [0.2, 0.25) is 0 Å². The molecule has 0 radical (unpaired) electrons. The summed E-state index contributed by atoms with van der Waals surface area (Å²) in [5.41, 5.74) is 1.59. The van der Waals surface area contributed by atoms with Crippen LogP contribution < -0.4 is 5.73 Å². The van der Waals surface area contributed by atoms with Crippen LogP contribution in [-0.2, 0) is 37.8 Å². The van der Waals surface area contributed by atoms with E-state index in [1.54, 1.807) is 58.0 Å². The van der Waals surface area contributed by atoms with Gasteiger partial charge in [-0.2, -0.15) is 0 Å². The number of carbonyl (C=O) groups is 4. The maximum atomic E-state index is 15.7. The number of Topliss-reactive ketones (excluding diaryl/α,β-unsaturated/α-hetero) is 1. The van der Waals surface area contributed by atoms with Crippen molar-refractivity contribution in [3.05, 3.63) is 47.0 Å². The number of rotatable bonds is 9. The Morgan fingerprint density at radius 1 is 1.00 bits per heavy atom. The number of hydrogen-bond acceptors (Lipinski definition) is 11. The van der Waals surface area contributed by atoms with Crippen LogP contribution in [0.5, 0.6) is 0 Å². The third-order valence-electron chi connectivity index (χ3n) is 12.6. The van der Waals surface area contributed by atoms with Crippen molar-refractivity contribution in [3.8, 4) is 0 Å². The predicted molar refractivity (Wildman–Crippen MR) is 183 cm³/mol. The summed E-state index contributed by atoms with van der Waals surface area (Å²) in [6, 6.07) is 9.96. The van der Waals surface area contributed by atoms with Gasteiger partial charge >= 0.3 is 17.9 Å². The molecule has 3 N–H and O–H groups in total. The number of carbonyl (C=O) groups excluding carboxylic acids is 4. The monoisotopic (exact) mass is 699 g/mol. The van der Waals surface area contributed by atoms with Gasteiger partial charge in [-0.25, -0.2) is 4.79 Å². The Bertz CT molecular complexity index is 1520. The van der Waals surface area contributed by atoms with E-state index in [4.69, 9.17) is 29.1 Å². The summed E-state index contributed by atoms with van der Waals surface area (Å²) in [6.07, 6.45) is -4.29. The van der Waals surface area contributed by atoms with Gasteiger partial charge in [0, 0.05) is 31.7 Å². The molecular formula is C37H53NO10Si. The lowest BCUT2D eigenvalue weighted by molar-refractivity contribution is -0.344. The second-order valence-electron chi connectivity index (χ2n) is 15.2. The van der Waals surface area contributed by atoms with E-state index < -0.39 is 90.4 Å². The highest BCUT2D eigenvalue weighted by molar-refractivity contribution is 6.73. The van der Waals surface area contributed by atoms with E-state index in [0.717, 1.165) is 18.1 Å². The zero-order valence-corrected chi connectivity index (χ0v) is 31.3. The average molecular weight is 700 g/mol. The highest BCUT2D eigenvalue weighted by Gasteiger charge is 2.78. The van der Waals surface area contributed by atoms with E-state index in [0.29, 0.717) is 11.1 Å². The zero-order valence-electron chi connectivity index (χ0n) is 30.3. The number of esters is 3.